The van der Waals surface area contributed by atoms with Gasteiger partial charge in [0.15, 0.2) is 11.5 Å². The molecule has 4 rings (SSSR count). The van der Waals surface area contributed by atoms with Crippen LogP contribution in [0, 0.1) is 0 Å². The number of benzene rings is 1. The number of aromatic amines is 1. The summed E-state index contributed by atoms with van der Waals surface area (Å²) in [7, 11) is 0. The van der Waals surface area contributed by atoms with Crippen molar-refractivity contribution in [3.8, 4) is 11.5 Å². The van der Waals surface area contributed by atoms with Crippen molar-refractivity contribution in [3.63, 3.8) is 0 Å². The maximum Gasteiger partial charge on any atom is 0.258 e. The first kappa shape index (κ1) is 15.8. The third kappa shape index (κ3) is 4.00. The third-order valence-electron chi connectivity index (χ3n) is 3.73. The number of hydrogen-bond acceptors (Lipinski definition) is 6. The molecular weight excluding hydrogens is 300 g/mol. The van der Waals surface area contributed by atoms with Crippen LogP contribution in [-0.4, -0.2) is 47.6 Å². The van der Waals surface area contributed by atoms with Crippen LogP contribution in [-0.2, 0) is 9.47 Å². The van der Waals surface area contributed by atoms with Gasteiger partial charge in [-0.15, -0.1) is 0 Å². The molecule has 2 N–H and O–H groups in total. The molecule has 7 nitrogen and oxygen atoms in total. The molecule has 2 aliphatic heterocycles. The summed E-state index contributed by atoms with van der Waals surface area (Å²) in [5, 5.41) is 10.2. The van der Waals surface area contributed by atoms with Crippen LogP contribution in [0.4, 0.5) is 0 Å². The number of H-pyrrole nitrogens is 1. The average Bonchev–Trinajstić information content (AvgIpc) is 3.25. The molecule has 3 heterocycles. The Morgan fingerprint density at radius 1 is 1.22 bits per heavy atom. The lowest BCUT2D eigenvalue weighted by Crippen LogP contribution is -2.16. The zero-order valence-corrected chi connectivity index (χ0v) is 12.8. The predicted molar refractivity (Wildman–Crippen MR) is 83.9 cm³/mol. The van der Waals surface area contributed by atoms with Crippen LogP contribution in [0.5, 0.6) is 11.5 Å². The van der Waals surface area contributed by atoms with E-state index in [1.807, 2.05) is 0 Å². The van der Waals surface area contributed by atoms with E-state index in [1.54, 1.807) is 6.07 Å². The number of aromatic nitrogens is 2. The van der Waals surface area contributed by atoms with E-state index in [1.165, 1.54) is 25.2 Å². The molecule has 0 bridgehead atoms. The van der Waals surface area contributed by atoms with E-state index in [2.05, 4.69) is 9.97 Å². The summed E-state index contributed by atoms with van der Waals surface area (Å²) in [5.74, 6) is 0.268. The molecule has 1 atom stereocenters. The second kappa shape index (κ2) is 7.43. The standard InChI is InChI=1S/C12H12N2O4.C4H8O/c15-10-3-8-9(13-6-14-12(8)16)4-11(10)18-7-1-2-17-5-7;1-2-4-5-3-1/h3-4,6-7,15H,1-2,5H2,(H,13,14,16);1-4H2. The van der Waals surface area contributed by atoms with Crippen LogP contribution in [0.1, 0.15) is 19.3 Å². The number of nitrogens with one attached hydrogen (secondary N) is 1. The fourth-order valence-electron chi connectivity index (χ4n) is 2.47. The van der Waals surface area contributed by atoms with Crippen molar-refractivity contribution in [2.24, 2.45) is 0 Å². The lowest BCUT2D eigenvalue weighted by atomic mass is 10.2. The first-order valence-electron chi connectivity index (χ1n) is 7.76. The SMILES string of the molecule is C1CCOC1.O=c1[nH]cnc2cc(OC3CCOC3)c(O)cc12. The van der Waals surface area contributed by atoms with Gasteiger partial charge in [-0.3, -0.25) is 4.79 Å². The Morgan fingerprint density at radius 2 is 2.04 bits per heavy atom. The van der Waals surface area contributed by atoms with Gasteiger partial charge in [0.25, 0.3) is 5.56 Å². The van der Waals surface area contributed by atoms with E-state index in [9.17, 15) is 9.90 Å². The minimum atomic E-state index is -0.286. The van der Waals surface area contributed by atoms with E-state index in [-0.39, 0.29) is 17.4 Å². The van der Waals surface area contributed by atoms with Crippen LogP contribution < -0.4 is 10.3 Å². The molecule has 0 amide bonds. The van der Waals surface area contributed by atoms with E-state index in [0.29, 0.717) is 29.9 Å². The summed E-state index contributed by atoms with van der Waals surface area (Å²) in [5.41, 5.74) is 0.205. The molecule has 0 spiro atoms. The van der Waals surface area contributed by atoms with Crippen LogP contribution in [0.15, 0.2) is 23.3 Å². The monoisotopic (exact) mass is 320 g/mol. The molecule has 2 aliphatic rings. The number of phenolic OH excluding ortho intramolecular Hbond substituents is 1. The van der Waals surface area contributed by atoms with Gasteiger partial charge < -0.3 is 24.3 Å². The normalized spacial score (nSPS) is 20.3. The molecular formula is C16H20N2O5. The average molecular weight is 320 g/mol. The molecule has 2 aromatic rings. The largest absolute Gasteiger partial charge is 0.504 e. The quantitative estimate of drug-likeness (QED) is 0.873. The Balaban J connectivity index is 0.000000267. The number of nitrogens with zero attached hydrogens (tertiary/aromatic N) is 1. The fourth-order valence-corrected chi connectivity index (χ4v) is 2.47. The van der Waals surface area contributed by atoms with Crippen molar-refractivity contribution in [1.82, 2.24) is 9.97 Å². The van der Waals surface area contributed by atoms with Crippen molar-refractivity contribution in [3.05, 3.63) is 28.8 Å². The minimum Gasteiger partial charge on any atom is -0.504 e. The molecule has 1 aromatic heterocycles. The van der Waals surface area contributed by atoms with Gasteiger partial charge in [-0.25, -0.2) is 4.98 Å². The minimum absolute atomic E-state index is 0.0599. The van der Waals surface area contributed by atoms with Crippen LogP contribution in [0.3, 0.4) is 0 Å². The topological polar surface area (TPSA) is 93.7 Å². The zero-order chi connectivity index (χ0) is 16.1. The highest BCUT2D eigenvalue weighted by Crippen LogP contribution is 2.30. The van der Waals surface area contributed by atoms with E-state index in [0.717, 1.165) is 19.6 Å². The fraction of sp³-hybridized carbons (Fsp3) is 0.500. The molecule has 1 aromatic carbocycles. The number of aromatic hydroxyl groups is 1. The Hall–Kier alpha value is -2.12. The van der Waals surface area contributed by atoms with Crippen molar-refractivity contribution in [1.29, 1.82) is 0 Å². The summed E-state index contributed by atoms with van der Waals surface area (Å²) in [4.78, 5) is 18.0. The summed E-state index contributed by atoms with van der Waals surface area (Å²) in [6.45, 7) is 3.18. The summed E-state index contributed by atoms with van der Waals surface area (Å²) in [6.07, 6.45) is 4.61. The van der Waals surface area contributed by atoms with Gasteiger partial charge in [0, 0.05) is 25.7 Å². The second-order valence-electron chi connectivity index (χ2n) is 5.49. The van der Waals surface area contributed by atoms with Crippen molar-refractivity contribution in [2.45, 2.75) is 25.4 Å². The number of phenols is 1. The zero-order valence-electron chi connectivity index (χ0n) is 12.8. The second-order valence-corrected chi connectivity index (χ2v) is 5.49. The molecule has 1 unspecified atom stereocenters. The number of fused-ring (bicyclic) bond motifs is 1. The number of rotatable bonds is 2. The lowest BCUT2D eigenvalue weighted by molar-refractivity contribution is 0.139. The van der Waals surface area contributed by atoms with Gasteiger partial charge in [0.05, 0.1) is 30.4 Å². The molecule has 2 fully saturated rings. The number of hydrogen-bond donors (Lipinski definition) is 2. The Morgan fingerprint density at radius 3 is 2.70 bits per heavy atom. The predicted octanol–water partition coefficient (Wildman–Crippen LogP) is 1.59. The van der Waals surface area contributed by atoms with Gasteiger partial charge in [-0.2, -0.15) is 0 Å². The van der Waals surface area contributed by atoms with Crippen molar-refractivity contribution < 1.29 is 19.3 Å². The molecule has 0 saturated carbocycles. The van der Waals surface area contributed by atoms with Crippen LogP contribution >= 0.6 is 0 Å². The lowest BCUT2D eigenvalue weighted by Gasteiger charge is -2.13. The van der Waals surface area contributed by atoms with Gasteiger partial charge in [-0.05, 0) is 18.9 Å². The Bertz CT molecular complexity index is 698. The highest BCUT2D eigenvalue weighted by molar-refractivity contribution is 5.81. The van der Waals surface area contributed by atoms with Crippen LogP contribution in [0.2, 0.25) is 0 Å². The van der Waals surface area contributed by atoms with Crippen LogP contribution in [0.25, 0.3) is 10.9 Å². The van der Waals surface area contributed by atoms with E-state index in [4.69, 9.17) is 14.2 Å². The highest BCUT2D eigenvalue weighted by atomic mass is 16.5. The third-order valence-corrected chi connectivity index (χ3v) is 3.73. The van der Waals surface area contributed by atoms with E-state index < -0.39 is 0 Å². The molecule has 7 heteroatoms. The Kier molecular flexibility index (Phi) is 5.09. The maximum atomic E-state index is 11.5. The molecule has 0 radical (unpaired) electrons. The summed E-state index contributed by atoms with van der Waals surface area (Å²) >= 11 is 0. The maximum absolute atomic E-state index is 11.5. The smallest absolute Gasteiger partial charge is 0.258 e. The first-order valence-corrected chi connectivity index (χ1v) is 7.76. The molecule has 23 heavy (non-hydrogen) atoms. The summed E-state index contributed by atoms with van der Waals surface area (Å²) < 4.78 is 15.8. The van der Waals surface area contributed by atoms with Gasteiger partial charge >= 0.3 is 0 Å². The van der Waals surface area contributed by atoms with Gasteiger partial charge in [-0.1, -0.05) is 0 Å². The highest BCUT2D eigenvalue weighted by Gasteiger charge is 2.19. The number of ether oxygens (including phenoxy) is 3. The summed E-state index contributed by atoms with van der Waals surface area (Å²) in [6, 6.07) is 2.94. The van der Waals surface area contributed by atoms with Gasteiger partial charge in [0.2, 0.25) is 0 Å². The Labute approximate surface area is 133 Å². The van der Waals surface area contributed by atoms with Crippen molar-refractivity contribution >= 4 is 10.9 Å². The first-order chi connectivity index (χ1) is 11.2. The van der Waals surface area contributed by atoms with E-state index >= 15 is 0 Å². The molecule has 0 aliphatic carbocycles. The molecule has 124 valence electrons. The molecule has 2 saturated heterocycles. The van der Waals surface area contributed by atoms with Crippen molar-refractivity contribution in [2.75, 3.05) is 26.4 Å². The van der Waals surface area contributed by atoms with Gasteiger partial charge in [0.1, 0.15) is 6.10 Å².